The fourth-order valence-electron chi connectivity index (χ4n) is 3.31. The van der Waals surface area contributed by atoms with Crippen molar-refractivity contribution in [3.63, 3.8) is 0 Å². The van der Waals surface area contributed by atoms with E-state index in [4.69, 9.17) is 16.3 Å². The number of esters is 1. The molecule has 1 N–H and O–H groups in total. The van der Waals surface area contributed by atoms with E-state index in [-0.39, 0.29) is 38.7 Å². The SMILES string of the molecule is CCOC(=O)c1nn(-c2cccc(C)c2)c(=O)c2c(NC(=O)c3c(F)cccc3Cl)scc12. The molecule has 33 heavy (non-hydrogen) atoms. The average molecular weight is 486 g/mol. The Balaban J connectivity index is 1.91. The van der Waals surface area contributed by atoms with Crippen molar-refractivity contribution < 1.29 is 18.7 Å². The number of fused-ring (bicyclic) bond motifs is 1. The van der Waals surface area contributed by atoms with Gasteiger partial charge in [0, 0.05) is 10.8 Å². The molecule has 10 heteroatoms. The highest BCUT2D eigenvalue weighted by atomic mass is 35.5. The third-order valence-corrected chi connectivity index (χ3v) is 5.99. The van der Waals surface area contributed by atoms with E-state index in [9.17, 15) is 18.8 Å². The molecule has 0 atom stereocenters. The number of benzene rings is 2. The number of hydrogen-bond acceptors (Lipinski definition) is 6. The summed E-state index contributed by atoms with van der Waals surface area (Å²) in [6.07, 6.45) is 0. The maximum absolute atomic E-state index is 14.2. The van der Waals surface area contributed by atoms with Crippen molar-refractivity contribution in [3.8, 4) is 5.69 Å². The van der Waals surface area contributed by atoms with Crippen molar-refractivity contribution in [2.75, 3.05) is 11.9 Å². The Hall–Kier alpha value is -3.56. The number of ether oxygens (including phenoxy) is 1. The first-order valence-corrected chi connectivity index (χ1v) is 11.1. The predicted octanol–water partition coefficient (Wildman–Crippen LogP) is 4.98. The molecule has 2 aromatic heterocycles. The molecule has 0 spiro atoms. The summed E-state index contributed by atoms with van der Waals surface area (Å²) < 4.78 is 20.4. The number of carbonyl (C=O) groups is 2. The lowest BCUT2D eigenvalue weighted by atomic mass is 10.2. The van der Waals surface area contributed by atoms with Crippen LogP contribution in [0.15, 0.2) is 52.6 Å². The molecular formula is C23H17ClFN3O4S. The number of nitrogens with one attached hydrogen (secondary N) is 1. The van der Waals surface area contributed by atoms with Crippen LogP contribution in [-0.2, 0) is 4.74 Å². The molecule has 0 radical (unpaired) electrons. The fourth-order valence-corrected chi connectivity index (χ4v) is 4.49. The van der Waals surface area contributed by atoms with E-state index >= 15 is 0 Å². The van der Waals surface area contributed by atoms with Gasteiger partial charge in [-0.15, -0.1) is 11.3 Å². The topological polar surface area (TPSA) is 90.3 Å². The first kappa shape index (κ1) is 22.6. The van der Waals surface area contributed by atoms with Crippen LogP contribution in [0.1, 0.15) is 33.3 Å². The molecule has 2 heterocycles. The summed E-state index contributed by atoms with van der Waals surface area (Å²) in [5.74, 6) is -2.33. The minimum Gasteiger partial charge on any atom is -0.461 e. The summed E-state index contributed by atoms with van der Waals surface area (Å²) >= 11 is 7.01. The quantitative estimate of drug-likeness (QED) is 0.403. The minimum absolute atomic E-state index is 0.0559. The van der Waals surface area contributed by atoms with Gasteiger partial charge in [-0.05, 0) is 43.7 Å². The van der Waals surface area contributed by atoms with E-state index in [0.29, 0.717) is 5.69 Å². The number of carbonyl (C=O) groups excluding carboxylic acids is 2. The van der Waals surface area contributed by atoms with Gasteiger partial charge in [0.25, 0.3) is 11.5 Å². The van der Waals surface area contributed by atoms with Crippen LogP contribution in [0.2, 0.25) is 5.02 Å². The van der Waals surface area contributed by atoms with Crippen molar-refractivity contribution in [2.24, 2.45) is 0 Å². The van der Waals surface area contributed by atoms with Crippen LogP contribution in [-0.4, -0.2) is 28.3 Å². The number of halogens is 2. The van der Waals surface area contributed by atoms with Gasteiger partial charge in [-0.25, -0.2) is 9.18 Å². The van der Waals surface area contributed by atoms with Gasteiger partial charge in [0.1, 0.15) is 10.8 Å². The van der Waals surface area contributed by atoms with Gasteiger partial charge < -0.3 is 10.1 Å². The van der Waals surface area contributed by atoms with Crippen LogP contribution in [0, 0.1) is 12.7 Å². The van der Waals surface area contributed by atoms with Crippen LogP contribution in [0.25, 0.3) is 16.5 Å². The molecule has 0 aliphatic heterocycles. The Morgan fingerprint density at radius 1 is 1.24 bits per heavy atom. The average Bonchev–Trinajstić information content (AvgIpc) is 3.18. The highest BCUT2D eigenvalue weighted by Crippen LogP contribution is 2.32. The fraction of sp³-hybridized carbons (Fsp3) is 0.130. The highest BCUT2D eigenvalue weighted by Gasteiger charge is 2.24. The lowest BCUT2D eigenvalue weighted by Crippen LogP contribution is -2.25. The van der Waals surface area contributed by atoms with Crippen LogP contribution in [0.5, 0.6) is 0 Å². The van der Waals surface area contributed by atoms with E-state index in [1.54, 1.807) is 25.1 Å². The van der Waals surface area contributed by atoms with E-state index in [0.717, 1.165) is 27.6 Å². The second-order valence-corrected chi connectivity index (χ2v) is 8.32. The van der Waals surface area contributed by atoms with Crippen molar-refractivity contribution in [1.82, 2.24) is 9.78 Å². The summed E-state index contributed by atoms with van der Waals surface area (Å²) in [7, 11) is 0. The minimum atomic E-state index is -0.821. The second kappa shape index (κ2) is 9.13. The molecule has 0 bridgehead atoms. The summed E-state index contributed by atoms with van der Waals surface area (Å²) in [5.41, 5.74) is 0.341. The van der Waals surface area contributed by atoms with Crippen molar-refractivity contribution in [1.29, 1.82) is 0 Å². The Labute approximate surface area is 196 Å². The van der Waals surface area contributed by atoms with E-state index < -0.39 is 23.3 Å². The molecule has 168 valence electrons. The molecular weight excluding hydrogens is 469 g/mol. The largest absolute Gasteiger partial charge is 0.461 e. The molecule has 7 nitrogen and oxygen atoms in total. The van der Waals surface area contributed by atoms with Gasteiger partial charge in [-0.2, -0.15) is 9.78 Å². The van der Waals surface area contributed by atoms with E-state index in [1.807, 2.05) is 13.0 Å². The summed E-state index contributed by atoms with van der Waals surface area (Å²) in [6, 6.07) is 10.9. The third kappa shape index (κ3) is 4.24. The van der Waals surface area contributed by atoms with Crippen molar-refractivity contribution in [3.05, 3.63) is 85.9 Å². The molecule has 0 saturated carbocycles. The van der Waals surface area contributed by atoms with Crippen molar-refractivity contribution in [2.45, 2.75) is 13.8 Å². The molecule has 0 aliphatic rings. The Morgan fingerprint density at radius 2 is 2.00 bits per heavy atom. The van der Waals surface area contributed by atoms with Gasteiger partial charge in [0.05, 0.1) is 28.3 Å². The van der Waals surface area contributed by atoms with Gasteiger partial charge in [-0.1, -0.05) is 29.8 Å². The number of nitrogens with zero attached hydrogens (tertiary/aromatic N) is 2. The van der Waals surface area contributed by atoms with Crippen LogP contribution < -0.4 is 10.9 Å². The van der Waals surface area contributed by atoms with Crippen molar-refractivity contribution >= 4 is 50.6 Å². The number of thiophene rings is 1. The van der Waals surface area contributed by atoms with E-state index in [1.165, 1.54) is 17.5 Å². The molecule has 1 amide bonds. The number of hydrogen-bond donors (Lipinski definition) is 1. The lowest BCUT2D eigenvalue weighted by Gasteiger charge is -2.11. The zero-order chi connectivity index (χ0) is 23.7. The molecule has 4 rings (SSSR count). The second-order valence-electron chi connectivity index (χ2n) is 7.03. The third-order valence-electron chi connectivity index (χ3n) is 4.78. The van der Waals surface area contributed by atoms with Crippen LogP contribution in [0.3, 0.4) is 0 Å². The Kier molecular flexibility index (Phi) is 6.26. The normalized spacial score (nSPS) is 10.9. The number of aromatic nitrogens is 2. The van der Waals surface area contributed by atoms with Gasteiger partial charge in [0.2, 0.25) is 0 Å². The van der Waals surface area contributed by atoms with Gasteiger partial charge in [0.15, 0.2) is 5.69 Å². The zero-order valence-corrected chi connectivity index (χ0v) is 19.1. The smallest absolute Gasteiger partial charge is 0.359 e. The first-order chi connectivity index (χ1) is 15.8. The van der Waals surface area contributed by atoms with Crippen LogP contribution >= 0.6 is 22.9 Å². The lowest BCUT2D eigenvalue weighted by molar-refractivity contribution is 0.0520. The molecule has 0 unspecified atom stereocenters. The standard InChI is InChI=1S/C23H17ClFN3O4S/c1-3-32-23(31)19-14-11-33-21(26-20(29)18-15(24)8-5-9-16(18)25)17(14)22(30)28(27-19)13-7-4-6-12(2)10-13/h4-11H,3H2,1-2H3,(H,26,29). The molecule has 0 aliphatic carbocycles. The summed E-state index contributed by atoms with van der Waals surface area (Å²) in [4.78, 5) is 38.8. The molecule has 0 saturated heterocycles. The number of aryl methyl sites for hydroxylation is 1. The summed E-state index contributed by atoms with van der Waals surface area (Å²) in [6.45, 7) is 3.63. The first-order valence-electron chi connectivity index (χ1n) is 9.85. The van der Waals surface area contributed by atoms with Gasteiger partial charge >= 0.3 is 5.97 Å². The maximum Gasteiger partial charge on any atom is 0.359 e. The molecule has 0 fully saturated rings. The van der Waals surface area contributed by atoms with Crippen LogP contribution in [0.4, 0.5) is 9.39 Å². The maximum atomic E-state index is 14.2. The van der Waals surface area contributed by atoms with E-state index in [2.05, 4.69) is 10.4 Å². The number of anilines is 1. The highest BCUT2D eigenvalue weighted by molar-refractivity contribution is 7.16. The zero-order valence-electron chi connectivity index (χ0n) is 17.5. The number of amides is 1. The van der Waals surface area contributed by atoms with Gasteiger partial charge in [-0.3, -0.25) is 9.59 Å². The number of rotatable bonds is 5. The molecule has 4 aromatic rings. The Bertz CT molecular complexity index is 1440. The molecule has 2 aromatic carbocycles. The Morgan fingerprint density at radius 3 is 2.70 bits per heavy atom. The predicted molar refractivity (Wildman–Crippen MR) is 125 cm³/mol. The summed E-state index contributed by atoms with van der Waals surface area (Å²) in [5, 5.41) is 8.67. The monoisotopic (exact) mass is 485 g/mol.